The third-order valence-electron chi connectivity index (χ3n) is 6.47. The molecule has 2 amide bonds. The molecule has 2 atom stereocenters. The third kappa shape index (κ3) is 6.40. The van der Waals surface area contributed by atoms with E-state index in [0.29, 0.717) is 12.2 Å². The molecule has 1 aromatic heterocycles. The average Bonchev–Trinajstić information content (AvgIpc) is 3.31. The number of unbranched alkanes of at least 4 members (excludes halogenated alkanes) is 2. The summed E-state index contributed by atoms with van der Waals surface area (Å²) in [6.07, 6.45) is 10.3. The van der Waals surface area contributed by atoms with Crippen LogP contribution in [0.2, 0.25) is 0 Å². The van der Waals surface area contributed by atoms with Crippen LogP contribution >= 0.6 is 12.4 Å². The SMILES string of the molecule is CCCCN(CCCC)Cc1cnc(C(=O)N2CC=C3[C@H]2[C@@H](C(C)C)C(=O)N3S(C)(=O)=O)cn1.Cl. The van der Waals surface area contributed by atoms with Crippen molar-refractivity contribution in [3.63, 3.8) is 0 Å². The zero-order valence-corrected chi connectivity index (χ0v) is 22.9. The van der Waals surface area contributed by atoms with Crippen molar-refractivity contribution < 1.29 is 18.0 Å². The summed E-state index contributed by atoms with van der Waals surface area (Å²) in [5.41, 5.74) is 1.37. The summed E-state index contributed by atoms with van der Waals surface area (Å²) in [6, 6.07) is -0.616. The van der Waals surface area contributed by atoms with Crippen LogP contribution in [0.1, 0.15) is 69.6 Å². The molecule has 3 rings (SSSR count). The summed E-state index contributed by atoms with van der Waals surface area (Å²) in [5.74, 6) is -1.58. The molecule has 196 valence electrons. The van der Waals surface area contributed by atoms with E-state index in [1.165, 1.54) is 6.20 Å². The Morgan fingerprint density at radius 2 is 1.77 bits per heavy atom. The van der Waals surface area contributed by atoms with Gasteiger partial charge in [-0.3, -0.25) is 19.5 Å². The highest BCUT2D eigenvalue weighted by Gasteiger charge is 2.54. The molecule has 2 aliphatic rings. The normalized spacial score (nSPS) is 19.9. The number of halogens is 1. The molecule has 2 aliphatic heterocycles. The van der Waals surface area contributed by atoms with Crippen molar-refractivity contribution in [2.24, 2.45) is 11.8 Å². The van der Waals surface area contributed by atoms with Crippen LogP contribution in [0.5, 0.6) is 0 Å². The van der Waals surface area contributed by atoms with Crippen LogP contribution in [0, 0.1) is 11.8 Å². The minimum atomic E-state index is -3.77. The van der Waals surface area contributed by atoms with Crippen molar-refractivity contribution in [1.82, 2.24) is 24.1 Å². The van der Waals surface area contributed by atoms with E-state index in [1.807, 2.05) is 13.8 Å². The first-order chi connectivity index (χ1) is 16.1. The zero-order chi connectivity index (χ0) is 25.0. The number of rotatable bonds is 11. The van der Waals surface area contributed by atoms with Crippen molar-refractivity contribution >= 4 is 34.2 Å². The molecule has 1 saturated heterocycles. The molecule has 0 bridgehead atoms. The topological polar surface area (TPSA) is 104 Å². The van der Waals surface area contributed by atoms with E-state index in [0.717, 1.165) is 55.0 Å². The van der Waals surface area contributed by atoms with Gasteiger partial charge in [-0.2, -0.15) is 0 Å². The van der Waals surface area contributed by atoms with Gasteiger partial charge in [0, 0.05) is 13.1 Å². The second kappa shape index (κ2) is 12.3. The third-order valence-corrected chi connectivity index (χ3v) is 7.53. The standard InChI is InChI=1S/C24H37N5O4S.ClH/c1-6-8-11-27(12-9-7-2)16-18-14-26-19(15-25-18)23(30)28-13-10-20-22(28)21(17(3)4)24(31)29(20)34(5,32)33;/h10,14-15,17,21-22H,6-9,11-13,16H2,1-5H3;1H/t21-,22+;/m1./s1. The van der Waals surface area contributed by atoms with Crippen molar-refractivity contribution in [1.29, 1.82) is 0 Å². The molecule has 0 radical (unpaired) electrons. The quantitative estimate of drug-likeness (QED) is 0.435. The number of hydrogen-bond donors (Lipinski definition) is 0. The summed E-state index contributed by atoms with van der Waals surface area (Å²) in [5, 5.41) is 0. The largest absolute Gasteiger partial charge is 0.324 e. The second-order valence-corrected chi connectivity index (χ2v) is 11.4. The molecule has 35 heavy (non-hydrogen) atoms. The van der Waals surface area contributed by atoms with Gasteiger partial charge in [0.15, 0.2) is 0 Å². The molecule has 0 aromatic carbocycles. The lowest BCUT2D eigenvalue weighted by Crippen LogP contribution is -2.43. The van der Waals surface area contributed by atoms with Gasteiger partial charge in [-0.1, -0.05) is 40.5 Å². The Morgan fingerprint density at radius 1 is 1.14 bits per heavy atom. The summed E-state index contributed by atoms with van der Waals surface area (Å²) < 4.78 is 25.5. The second-order valence-electron chi connectivity index (χ2n) is 9.54. The molecule has 1 aromatic rings. The van der Waals surface area contributed by atoms with Gasteiger partial charge >= 0.3 is 0 Å². The predicted octanol–water partition coefficient (Wildman–Crippen LogP) is 3.08. The molecule has 0 N–H and O–H groups in total. The molecule has 0 unspecified atom stereocenters. The van der Waals surface area contributed by atoms with Crippen LogP contribution in [0.3, 0.4) is 0 Å². The van der Waals surface area contributed by atoms with Crippen molar-refractivity contribution in [2.75, 3.05) is 25.9 Å². The highest BCUT2D eigenvalue weighted by Crippen LogP contribution is 2.41. The lowest BCUT2D eigenvalue weighted by Gasteiger charge is -2.28. The van der Waals surface area contributed by atoms with Gasteiger partial charge in [0.1, 0.15) is 5.69 Å². The molecule has 3 heterocycles. The lowest BCUT2D eigenvalue weighted by atomic mass is 9.89. The Morgan fingerprint density at radius 3 is 2.26 bits per heavy atom. The lowest BCUT2D eigenvalue weighted by molar-refractivity contribution is -0.128. The van der Waals surface area contributed by atoms with Crippen LogP contribution in [-0.4, -0.2) is 76.2 Å². The monoisotopic (exact) mass is 527 g/mol. The summed E-state index contributed by atoms with van der Waals surface area (Å²) in [6.45, 7) is 11.0. The fraction of sp³-hybridized carbons (Fsp3) is 0.667. The Bertz CT molecular complexity index is 1020. The maximum atomic E-state index is 13.3. The smallest absolute Gasteiger partial charge is 0.274 e. The van der Waals surface area contributed by atoms with E-state index in [9.17, 15) is 18.0 Å². The van der Waals surface area contributed by atoms with E-state index in [-0.39, 0.29) is 36.5 Å². The molecule has 0 aliphatic carbocycles. The Hall–Kier alpha value is -2.04. The van der Waals surface area contributed by atoms with E-state index >= 15 is 0 Å². The van der Waals surface area contributed by atoms with Gasteiger partial charge in [-0.15, -0.1) is 12.4 Å². The molecule has 0 spiro atoms. The minimum Gasteiger partial charge on any atom is -0.324 e. The van der Waals surface area contributed by atoms with Crippen molar-refractivity contribution in [3.8, 4) is 0 Å². The number of carbonyl (C=O) groups is 2. The van der Waals surface area contributed by atoms with Gasteiger partial charge in [-0.25, -0.2) is 17.7 Å². The van der Waals surface area contributed by atoms with Crippen LogP contribution in [0.15, 0.2) is 24.2 Å². The Kier molecular flexibility index (Phi) is 10.2. The molecule has 0 saturated carbocycles. The van der Waals surface area contributed by atoms with E-state index in [4.69, 9.17) is 0 Å². The van der Waals surface area contributed by atoms with Crippen LogP contribution < -0.4 is 0 Å². The van der Waals surface area contributed by atoms with Crippen molar-refractivity contribution in [3.05, 3.63) is 35.6 Å². The molecular weight excluding hydrogens is 490 g/mol. The van der Waals surface area contributed by atoms with Crippen LogP contribution in [0.25, 0.3) is 0 Å². The van der Waals surface area contributed by atoms with E-state index in [2.05, 4.69) is 28.7 Å². The Balaban J connectivity index is 0.00000432. The number of fused-ring (bicyclic) bond motifs is 1. The summed E-state index contributed by atoms with van der Waals surface area (Å²) >= 11 is 0. The highest BCUT2D eigenvalue weighted by molar-refractivity contribution is 7.89. The fourth-order valence-corrected chi connectivity index (χ4v) is 5.75. The average molecular weight is 528 g/mol. The summed E-state index contributed by atoms with van der Waals surface area (Å²) in [7, 11) is -3.77. The minimum absolute atomic E-state index is 0. The van der Waals surface area contributed by atoms with Gasteiger partial charge in [0.2, 0.25) is 15.9 Å². The van der Waals surface area contributed by atoms with E-state index in [1.54, 1.807) is 17.2 Å². The van der Waals surface area contributed by atoms with Gasteiger partial charge in [-0.05, 0) is 37.9 Å². The van der Waals surface area contributed by atoms with E-state index < -0.39 is 27.9 Å². The number of carbonyl (C=O) groups excluding carboxylic acids is 2. The van der Waals surface area contributed by atoms with Crippen LogP contribution in [-0.2, 0) is 21.4 Å². The number of amides is 2. The number of nitrogens with zero attached hydrogens (tertiary/aromatic N) is 5. The van der Waals surface area contributed by atoms with Gasteiger partial charge in [0.05, 0.1) is 42.0 Å². The molecular formula is C24H38ClN5O4S. The van der Waals surface area contributed by atoms with Crippen LogP contribution in [0.4, 0.5) is 0 Å². The van der Waals surface area contributed by atoms with Gasteiger partial charge in [0.25, 0.3) is 5.91 Å². The maximum Gasteiger partial charge on any atom is 0.274 e. The number of sulfonamides is 1. The molecule has 9 nitrogen and oxygen atoms in total. The zero-order valence-electron chi connectivity index (χ0n) is 21.3. The first-order valence-corrected chi connectivity index (χ1v) is 14.0. The molecule has 1 fully saturated rings. The molecule has 11 heteroatoms. The first-order valence-electron chi connectivity index (χ1n) is 12.2. The summed E-state index contributed by atoms with van der Waals surface area (Å²) in [4.78, 5) is 39.1. The fourth-order valence-electron chi connectivity index (χ4n) is 4.73. The van der Waals surface area contributed by atoms with Crippen molar-refractivity contribution in [2.45, 2.75) is 66.0 Å². The van der Waals surface area contributed by atoms with Gasteiger partial charge < -0.3 is 4.90 Å². The number of aromatic nitrogens is 2. The number of hydrogen-bond acceptors (Lipinski definition) is 7. The highest BCUT2D eigenvalue weighted by atomic mass is 35.5. The Labute approximate surface area is 215 Å². The maximum absolute atomic E-state index is 13.3. The predicted molar refractivity (Wildman–Crippen MR) is 137 cm³/mol. The first kappa shape index (κ1) is 29.2.